The van der Waals surface area contributed by atoms with Crippen molar-refractivity contribution in [2.24, 2.45) is 0 Å². The topological polar surface area (TPSA) is 87.9 Å². The Labute approximate surface area is 180 Å². The van der Waals surface area contributed by atoms with E-state index >= 15 is 0 Å². The molecular formula is C20H17ClF3NO6. The summed E-state index contributed by atoms with van der Waals surface area (Å²) in [5.74, 6) is -0.768. The van der Waals surface area contributed by atoms with Gasteiger partial charge in [0, 0.05) is 11.6 Å². The highest BCUT2D eigenvalue weighted by Crippen LogP contribution is 2.37. The first kappa shape index (κ1) is 24.2. The van der Waals surface area contributed by atoms with Gasteiger partial charge in [-0.25, -0.2) is 0 Å². The molecule has 0 saturated carbocycles. The maximum absolute atomic E-state index is 12.8. The smallest absolute Gasteiger partial charge is 0.416 e. The summed E-state index contributed by atoms with van der Waals surface area (Å²) in [6.07, 6.45) is -3.46. The van der Waals surface area contributed by atoms with E-state index in [1.54, 1.807) is 0 Å². The van der Waals surface area contributed by atoms with Gasteiger partial charge in [-0.3, -0.25) is 14.9 Å². The minimum absolute atomic E-state index is 0.00236. The lowest BCUT2D eigenvalue weighted by Gasteiger charge is -2.12. The van der Waals surface area contributed by atoms with Crippen molar-refractivity contribution in [3.8, 4) is 11.5 Å². The van der Waals surface area contributed by atoms with Crippen LogP contribution >= 0.6 is 11.6 Å². The van der Waals surface area contributed by atoms with Crippen molar-refractivity contribution in [1.29, 1.82) is 0 Å². The summed E-state index contributed by atoms with van der Waals surface area (Å²) in [6, 6.07) is 6.10. The molecule has 166 valence electrons. The van der Waals surface area contributed by atoms with Gasteiger partial charge in [-0.05, 0) is 30.3 Å². The average molecular weight is 460 g/mol. The van der Waals surface area contributed by atoms with E-state index in [2.05, 4.69) is 6.58 Å². The fraction of sp³-hybridized carbons (Fsp3) is 0.250. The first-order valence-electron chi connectivity index (χ1n) is 8.78. The molecule has 2 aromatic rings. The first-order chi connectivity index (χ1) is 14.6. The Morgan fingerprint density at radius 3 is 2.55 bits per heavy atom. The van der Waals surface area contributed by atoms with E-state index in [0.717, 1.165) is 18.2 Å². The summed E-state index contributed by atoms with van der Waals surface area (Å²) < 4.78 is 53.7. The quantitative estimate of drug-likeness (QED) is 0.156. The number of nitrogens with zero attached hydrogens (tertiary/aromatic N) is 1. The molecule has 31 heavy (non-hydrogen) atoms. The Morgan fingerprint density at radius 2 is 1.94 bits per heavy atom. The molecule has 0 amide bonds. The summed E-state index contributed by atoms with van der Waals surface area (Å²) in [4.78, 5) is 22.6. The van der Waals surface area contributed by atoms with Gasteiger partial charge in [0.25, 0.3) is 5.69 Å². The molecule has 2 aromatic carbocycles. The highest BCUT2D eigenvalue weighted by molar-refractivity contribution is 6.32. The molecule has 2 rings (SSSR count). The molecule has 0 atom stereocenters. The third kappa shape index (κ3) is 7.26. The van der Waals surface area contributed by atoms with Gasteiger partial charge in [-0.1, -0.05) is 17.7 Å². The molecule has 0 N–H and O–H groups in total. The van der Waals surface area contributed by atoms with Crippen molar-refractivity contribution in [3.05, 3.63) is 75.3 Å². The summed E-state index contributed by atoms with van der Waals surface area (Å²) in [5, 5.41) is 10.9. The van der Waals surface area contributed by atoms with Crippen molar-refractivity contribution < 1.29 is 37.1 Å². The number of halogens is 4. The number of ether oxygens (including phenoxy) is 3. The van der Waals surface area contributed by atoms with Crippen LogP contribution in [0.1, 0.15) is 11.1 Å². The van der Waals surface area contributed by atoms with Crippen LogP contribution in [0.5, 0.6) is 11.5 Å². The minimum Gasteiger partial charge on any atom is -0.463 e. The van der Waals surface area contributed by atoms with Gasteiger partial charge in [0.15, 0.2) is 0 Å². The summed E-state index contributed by atoms with van der Waals surface area (Å²) in [7, 11) is 0. The Kier molecular flexibility index (Phi) is 8.40. The number of hydrogen-bond acceptors (Lipinski definition) is 6. The zero-order valence-corrected chi connectivity index (χ0v) is 16.7. The van der Waals surface area contributed by atoms with E-state index in [4.69, 9.17) is 25.8 Å². The molecule has 7 nitrogen and oxygen atoms in total. The van der Waals surface area contributed by atoms with Gasteiger partial charge in [0.1, 0.15) is 18.1 Å². The van der Waals surface area contributed by atoms with Crippen LogP contribution in [0.4, 0.5) is 18.9 Å². The lowest BCUT2D eigenvalue weighted by Crippen LogP contribution is -2.13. The number of rotatable bonds is 10. The summed E-state index contributed by atoms with van der Waals surface area (Å²) >= 11 is 5.86. The predicted octanol–water partition coefficient (Wildman–Crippen LogP) is 5.35. The normalized spacial score (nSPS) is 11.1. The van der Waals surface area contributed by atoms with Gasteiger partial charge in [0.05, 0.1) is 35.1 Å². The van der Waals surface area contributed by atoms with E-state index in [9.17, 15) is 28.1 Å². The van der Waals surface area contributed by atoms with Crippen LogP contribution in [0, 0.1) is 10.1 Å². The third-order valence-electron chi connectivity index (χ3n) is 3.80. The standard InChI is InChI=1S/C20H17ClF3NO6/c1-2-7-29-8-9-30-19(26)11-13-10-15(4-5-17(13)25(27)28)31-18-6-3-14(12-16(18)21)20(22,23)24/h2-6,10,12H,1,7-9,11H2. The molecule has 11 heteroatoms. The fourth-order valence-electron chi connectivity index (χ4n) is 2.42. The van der Waals surface area contributed by atoms with E-state index in [-0.39, 0.29) is 47.6 Å². The molecule has 0 aromatic heterocycles. The monoisotopic (exact) mass is 459 g/mol. The third-order valence-corrected chi connectivity index (χ3v) is 4.09. The van der Waals surface area contributed by atoms with Crippen LogP contribution in [0.3, 0.4) is 0 Å². The van der Waals surface area contributed by atoms with Crippen LogP contribution in [-0.2, 0) is 26.9 Å². The minimum atomic E-state index is -4.57. The molecule has 0 radical (unpaired) electrons. The highest BCUT2D eigenvalue weighted by Gasteiger charge is 2.31. The molecule has 0 saturated heterocycles. The molecule has 0 heterocycles. The number of carbonyl (C=O) groups is 1. The van der Waals surface area contributed by atoms with Crippen molar-refractivity contribution in [3.63, 3.8) is 0 Å². The van der Waals surface area contributed by atoms with Gasteiger partial charge in [0.2, 0.25) is 0 Å². The van der Waals surface area contributed by atoms with E-state index in [1.807, 2.05) is 0 Å². The Hall–Kier alpha value is -3.11. The lowest BCUT2D eigenvalue weighted by atomic mass is 10.1. The van der Waals surface area contributed by atoms with Gasteiger partial charge >= 0.3 is 12.1 Å². The summed E-state index contributed by atoms with van der Waals surface area (Å²) in [6.45, 7) is 3.84. The number of esters is 1. The fourth-order valence-corrected chi connectivity index (χ4v) is 2.64. The molecule has 0 unspecified atom stereocenters. The van der Waals surface area contributed by atoms with Crippen LogP contribution in [-0.4, -0.2) is 30.7 Å². The maximum atomic E-state index is 12.8. The second-order valence-corrected chi connectivity index (χ2v) is 6.46. The van der Waals surface area contributed by atoms with Crippen LogP contribution in [0.25, 0.3) is 0 Å². The van der Waals surface area contributed by atoms with E-state index < -0.39 is 29.1 Å². The van der Waals surface area contributed by atoms with Crippen molar-refractivity contribution >= 4 is 23.3 Å². The maximum Gasteiger partial charge on any atom is 0.416 e. The highest BCUT2D eigenvalue weighted by atomic mass is 35.5. The molecular weight excluding hydrogens is 443 g/mol. The SMILES string of the molecule is C=CCOCCOC(=O)Cc1cc(Oc2ccc(C(F)(F)F)cc2Cl)ccc1[N+](=O)[O-]. The second-order valence-electron chi connectivity index (χ2n) is 6.05. The molecule has 0 aliphatic rings. The average Bonchev–Trinajstić information content (AvgIpc) is 2.68. The van der Waals surface area contributed by atoms with Gasteiger partial charge in [-0.15, -0.1) is 6.58 Å². The van der Waals surface area contributed by atoms with Crippen LogP contribution in [0.2, 0.25) is 5.02 Å². The number of benzene rings is 2. The Morgan fingerprint density at radius 1 is 1.19 bits per heavy atom. The zero-order chi connectivity index (χ0) is 23.0. The second kappa shape index (κ2) is 10.8. The van der Waals surface area contributed by atoms with Crippen molar-refractivity contribution in [2.45, 2.75) is 12.6 Å². The lowest BCUT2D eigenvalue weighted by molar-refractivity contribution is -0.385. The van der Waals surface area contributed by atoms with Crippen LogP contribution in [0.15, 0.2) is 49.1 Å². The molecule has 0 spiro atoms. The van der Waals surface area contributed by atoms with Gasteiger partial charge < -0.3 is 14.2 Å². The molecule has 0 aliphatic heterocycles. The van der Waals surface area contributed by atoms with Gasteiger partial charge in [-0.2, -0.15) is 13.2 Å². The van der Waals surface area contributed by atoms with Crippen LogP contribution < -0.4 is 4.74 Å². The summed E-state index contributed by atoms with van der Waals surface area (Å²) in [5.41, 5.74) is -1.29. The molecule has 0 fully saturated rings. The number of carbonyl (C=O) groups excluding carboxylic acids is 1. The zero-order valence-electron chi connectivity index (χ0n) is 16.0. The first-order valence-corrected chi connectivity index (χ1v) is 9.15. The number of nitro benzene ring substituents is 1. The Bertz CT molecular complexity index is 964. The van der Waals surface area contributed by atoms with E-state index in [1.165, 1.54) is 18.2 Å². The molecule has 0 aliphatic carbocycles. The number of hydrogen-bond donors (Lipinski definition) is 0. The number of alkyl halides is 3. The number of nitro groups is 1. The Balaban J connectivity index is 2.15. The van der Waals surface area contributed by atoms with Crippen molar-refractivity contribution in [2.75, 3.05) is 19.8 Å². The largest absolute Gasteiger partial charge is 0.463 e. The van der Waals surface area contributed by atoms with E-state index in [0.29, 0.717) is 6.07 Å². The predicted molar refractivity (Wildman–Crippen MR) is 105 cm³/mol. The van der Waals surface area contributed by atoms with Crippen molar-refractivity contribution in [1.82, 2.24) is 0 Å². The molecule has 0 bridgehead atoms.